The number of hydrogen-bond acceptors (Lipinski definition) is 5. The zero-order valence-corrected chi connectivity index (χ0v) is 18.5. The van der Waals surface area contributed by atoms with Gasteiger partial charge in [0.2, 0.25) is 5.91 Å². The summed E-state index contributed by atoms with van der Waals surface area (Å²) in [5.74, 6) is 0.341. The van der Waals surface area contributed by atoms with Crippen LogP contribution in [0.4, 0.5) is 5.69 Å². The molecule has 4 nitrogen and oxygen atoms in total. The third-order valence-corrected chi connectivity index (χ3v) is 7.29. The number of thiophene rings is 1. The van der Waals surface area contributed by atoms with E-state index in [9.17, 15) is 4.79 Å². The molecule has 2 aromatic rings. The summed E-state index contributed by atoms with van der Waals surface area (Å²) in [5, 5.41) is 6.02. The molecule has 1 aliphatic carbocycles. The fourth-order valence-electron chi connectivity index (χ4n) is 3.92. The lowest BCUT2D eigenvalue weighted by molar-refractivity contribution is -0.113. The third kappa shape index (κ3) is 4.98. The van der Waals surface area contributed by atoms with Gasteiger partial charge >= 0.3 is 0 Å². The van der Waals surface area contributed by atoms with Crippen LogP contribution < -0.4 is 5.32 Å². The maximum absolute atomic E-state index is 12.6. The van der Waals surface area contributed by atoms with Crippen molar-refractivity contribution in [3.63, 3.8) is 0 Å². The average molecular weight is 426 g/mol. The van der Waals surface area contributed by atoms with Crippen LogP contribution in [0.3, 0.4) is 0 Å². The van der Waals surface area contributed by atoms with Crippen LogP contribution >= 0.6 is 23.1 Å². The Kier molecular flexibility index (Phi) is 6.50. The highest BCUT2D eigenvalue weighted by atomic mass is 32.2. The first-order chi connectivity index (χ1) is 14.2. The summed E-state index contributed by atoms with van der Waals surface area (Å²) in [6.45, 7) is 2.11. The minimum absolute atomic E-state index is 0.00157. The molecule has 4 rings (SSSR count). The Hall–Kier alpha value is -1.92. The molecule has 0 unspecified atom stereocenters. The number of carbonyl (C=O) groups excluding carboxylic acids is 1. The summed E-state index contributed by atoms with van der Waals surface area (Å²) in [5.41, 5.74) is 2.76. The Balaban J connectivity index is 1.47. The Bertz CT molecular complexity index is 910. The number of nitrogens with one attached hydrogen (secondary N) is 1. The number of thioether (sulfide) groups is 1. The maximum atomic E-state index is 12.6. The van der Waals surface area contributed by atoms with Gasteiger partial charge in [-0.1, -0.05) is 49.7 Å². The predicted octanol–water partition coefficient (Wildman–Crippen LogP) is 5.93. The predicted molar refractivity (Wildman–Crippen MR) is 126 cm³/mol. The SMILES string of the molecule is CCc1cccc(NC(=O)CSC2=NC3(CCCCCC3)N=C2c2cccs2)c1. The van der Waals surface area contributed by atoms with Gasteiger partial charge in [-0.25, -0.2) is 4.99 Å². The summed E-state index contributed by atoms with van der Waals surface area (Å²) < 4.78 is 0. The highest BCUT2D eigenvalue weighted by molar-refractivity contribution is 8.16. The van der Waals surface area contributed by atoms with E-state index in [2.05, 4.69) is 35.8 Å². The zero-order chi connectivity index (χ0) is 20.1. The van der Waals surface area contributed by atoms with E-state index in [0.29, 0.717) is 5.75 Å². The van der Waals surface area contributed by atoms with Gasteiger partial charge in [-0.15, -0.1) is 11.3 Å². The number of nitrogens with zero attached hydrogens (tertiary/aromatic N) is 2. The zero-order valence-electron chi connectivity index (χ0n) is 16.8. The van der Waals surface area contributed by atoms with E-state index in [1.807, 2.05) is 18.2 Å². The number of anilines is 1. The Morgan fingerprint density at radius 3 is 2.69 bits per heavy atom. The second-order valence-corrected chi connectivity index (χ2v) is 9.55. The first-order valence-electron chi connectivity index (χ1n) is 10.4. The molecule has 1 aliphatic heterocycles. The molecule has 0 bridgehead atoms. The van der Waals surface area contributed by atoms with Crippen molar-refractivity contribution in [2.24, 2.45) is 9.98 Å². The lowest BCUT2D eigenvalue weighted by atomic mass is 10.0. The molecule has 1 saturated carbocycles. The minimum Gasteiger partial charge on any atom is -0.325 e. The molecule has 0 saturated heterocycles. The number of aryl methyl sites for hydroxylation is 1. The van der Waals surface area contributed by atoms with Crippen LogP contribution in [0.1, 0.15) is 55.9 Å². The van der Waals surface area contributed by atoms with Crippen LogP contribution in [-0.2, 0) is 11.2 Å². The first kappa shape index (κ1) is 20.4. The number of aliphatic imine (C=N–C) groups is 2. The van der Waals surface area contributed by atoms with Gasteiger partial charge < -0.3 is 5.32 Å². The smallest absolute Gasteiger partial charge is 0.234 e. The van der Waals surface area contributed by atoms with E-state index in [1.165, 1.54) is 43.0 Å². The molecule has 6 heteroatoms. The lowest BCUT2D eigenvalue weighted by Gasteiger charge is -2.20. The van der Waals surface area contributed by atoms with Crippen molar-refractivity contribution < 1.29 is 4.79 Å². The summed E-state index contributed by atoms with van der Waals surface area (Å²) in [4.78, 5) is 23.9. The van der Waals surface area contributed by atoms with Gasteiger partial charge in [0.15, 0.2) is 5.66 Å². The standard InChI is InChI=1S/C23H27N3OS2/c1-2-17-9-7-10-18(15-17)24-20(27)16-29-22-21(19-11-8-14-28-19)25-23(26-22)12-5-3-4-6-13-23/h7-11,14-15H,2-6,12-13,16H2,1H3,(H,24,27). The molecule has 0 atom stereocenters. The number of rotatable bonds is 5. The van der Waals surface area contributed by atoms with E-state index in [-0.39, 0.29) is 11.6 Å². The molecule has 1 N–H and O–H groups in total. The van der Waals surface area contributed by atoms with E-state index < -0.39 is 0 Å². The molecular weight excluding hydrogens is 398 g/mol. The molecule has 29 heavy (non-hydrogen) atoms. The largest absolute Gasteiger partial charge is 0.325 e. The fraction of sp³-hybridized carbons (Fsp3) is 0.435. The summed E-state index contributed by atoms with van der Waals surface area (Å²) in [6.07, 6.45) is 7.88. The van der Waals surface area contributed by atoms with Crippen molar-refractivity contribution in [3.8, 4) is 0 Å². The van der Waals surface area contributed by atoms with Crippen molar-refractivity contribution >= 4 is 45.4 Å². The number of amides is 1. The summed E-state index contributed by atoms with van der Waals surface area (Å²) in [6, 6.07) is 12.2. The second kappa shape index (κ2) is 9.26. The third-order valence-electron chi connectivity index (χ3n) is 5.45. The van der Waals surface area contributed by atoms with E-state index >= 15 is 0 Å². The number of carbonyl (C=O) groups is 1. The molecular formula is C23H27N3OS2. The number of benzene rings is 1. The monoisotopic (exact) mass is 425 g/mol. The van der Waals surface area contributed by atoms with E-state index in [4.69, 9.17) is 9.98 Å². The van der Waals surface area contributed by atoms with E-state index in [1.54, 1.807) is 11.3 Å². The molecule has 1 fully saturated rings. The van der Waals surface area contributed by atoms with Gasteiger partial charge in [-0.05, 0) is 61.2 Å². The average Bonchev–Trinajstić information content (AvgIpc) is 3.31. The molecule has 1 aromatic heterocycles. The van der Waals surface area contributed by atoms with Gasteiger partial charge in [-0.3, -0.25) is 9.79 Å². The molecule has 152 valence electrons. The molecule has 2 heterocycles. The van der Waals surface area contributed by atoms with Crippen molar-refractivity contribution in [2.45, 2.75) is 57.5 Å². The van der Waals surface area contributed by atoms with Crippen LogP contribution in [0.25, 0.3) is 0 Å². The van der Waals surface area contributed by atoms with Crippen LogP contribution in [0.5, 0.6) is 0 Å². The van der Waals surface area contributed by atoms with Crippen LogP contribution in [0, 0.1) is 0 Å². The second-order valence-electron chi connectivity index (χ2n) is 7.64. The Morgan fingerprint density at radius 1 is 1.14 bits per heavy atom. The van der Waals surface area contributed by atoms with Crippen LogP contribution in [-0.4, -0.2) is 28.1 Å². The molecule has 1 spiro atoms. The normalized spacial score (nSPS) is 18.2. The van der Waals surface area contributed by atoms with Gasteiger partial charge in [0, 0.05) is 5.69 Å². The highest BCUT2D eigenvalue weighted by Crippen LogP contribution is 2.38. The maximum Gasteiger partial charge on any atom is 0.234 e. The molecule has 0 radical (unpaired) electrons. The van der Waals surface area contributed by atoms with Crippen molar-refractivity contribution in [1.82, 2.24) is 0 Å². The molecule has 1 amide bonds. The van der Waals surface area contributed by atoms with Crippen molar-refractivity contribution in [1.29, 1.82) is 0 Å². The summed E-state index contributed by atoms with van der Waals surface area (Å²) in [7, 11) is 0. The Labute approximate surface area is 180 Å². The van der Waals surface area contributed by atoms with Crippen LogP contribution in [0.2, 0.25) is 0 Å². The molecule has 1 aromatic carbocycles. The van der Waals surface area contributed by atoms with Gasteiger partial charge in [0.1, 0.15) is 10.8 Å². The summed E-state index contributed by atoms with van der Waals surface area (Å²) >= 11 is 3.21. The van der Waals surface area contributed by atoms with Crippen molar-refractivity contribution in [2.75, 3.05) is 11.1 Å². The highest BCUT2D eigenvalue weighted by Gasteiger charge is 2.37. The van der Waals surface area contributed by atoms with Crippen molar-refractivity contribution in [3.05, 3.63) is 52.2 Å². The van der Waals surface area contributed by atoms with Gasteiger partial charge in [-0.2, -0.15) is 0 Å². The minimum atomic E-state index is -0.301. The van der Waals surface area contributed by atoms with Gasteiger partial charge in [0.05, 0.1) is 10.6 Å². The number of hydrogen-bond donors (Lipinski definition) is 1. The van der Waals surface area contributed by atoms with Gasteiger partial charge in [0.25, 0.3) is 0 Å². The fourth-order valence-corrected chi connectivity index (χ4v) is 5.56. The quantitative estimate of drug-likeness (QED) is 0.645. The lowest BCUT2D eigenvalue weighted by Crippen LogP contribution is -2.20. The van der Waals surface area contributed by atoms with Crippen LogP contribution in [0.15, 0.2) is 51.8 Å². The first-order valence-corrected chi connectivity index (χ1v) is 12.3. The van der Waals surface area contributed by atoms with E-state index in [0.717, 1.165) is 40.6 Å². The Morgan fingerprint density at radius 2 is 1.97 bits per heavy atom. The molecule has 2 aliphatic rings. The topological polar surface area (TPSA) is 53.8 Å².